The first-order chi connectivity index (χ1) is 4.70. The third-order valence-electron chi connectivity index (χ3n) is 1.09. The summed E-state index contributed by atoms with van der Waals surface area (Å²) in [5.74, 6) is -0.0950. The van der Waals surface area contributed by atoms with Crippen LogP contribution in [-0.4, -0.2) is 36.0 Å². The van der Waals surface area contributed by atoms with Crippen LogP contribution in [0.15, 0.2) is 0 Å². The van der Waals surface area contributed by atoms with Gasteiger partial charge in [0.05, 0.1) is 0 Å². The smallest absolute Gasteiger partial charge is 0.224 e. The molecule has 62 valence electrons. The molecule has 0 radical (unpaired) electrons. The van der Waals surface area contributed by atoms with E-state index in [1.54, 1.807) is 14.2 Å². The fourth-order valence-corrected chi connectivity index (χ4v) is 1.32. The first kappa shape index (κ1) is 10.1. The summed E-state index contributed by atoms with van der Waals surface area (Å²) in [5.41, 5.74) is 0. The van der Waals surface area contributed by atoms with E-state index >= 15 is 0 Å². The summed E-state index contributed by atoms with van der Waals surface area (Å²) in [6, 6.07) is 0. The molecule has 0 saturated carbocycles. The Hall–Kier alpha value is 0.0969. The van der Waals surface area contributed by atoms with Gasteiger partial charge in [-0.2, -0.15) is 0 Å². The molecule has 0 amide bonds. The van der Waals surface area contributed by atoms with Crippen LogP contribution in [0.2, 0.25) is 0 Å². The minimum Gasteiger partial charge on any atom is -0.416 e. The van der Waals surface area contributed by atoms with Crippen molar-refractivity contribution >= 4 is 9.76 Å². The molecule has 0 aromatic heterocycles. The molecule has 0 atom stereocenters. The van der Waals surface area contributed by atoms with Crippen LogP contribution >= 0.6 is 0 Å². The quantitative estimate of drug-likeness (QED) is 0.425. The van der Waals surface area contributed by atoms with Crippen molar-refractivity contribution in [1.82, 2.24) is 0 Å². The van der Waals surface area contributed by atoms with E-state index in [9.17, 15) is 0 Å². The number of methoxy groups -OCH3 is 2. The van der Waals surface area contributed by atoms with Crippen LogP contribution in [0.3, 0.4) is 0 Å². The van der Waals surface area contributed by atoms with Crippen molar-refractivity contribution < 1.29 is 13.9 Å². The Morgan fingerprint density at radius 2 is 1.60 bits per heavy atom. The zero-order chi connectivity index (χ0) is 7.98. The summed E-state index contributed by atoms with van der Waals surface area (Å²) < 4.78 is 15.3. The Kier molecular flexibility index (Phi) is 5.91. The van der Waals surface area contributed by atoms with Gasteiger partial charge in [-0.25, -0.2) is 0 Å². The molecule has 0 unspecified atom stereocenters. The minimum atomic E-state index is -0.667. The summed E-state index contributed by atoms with van der Waals surface area (Å²) >= 11 is 0. The van der Waals surface area contributed by atoms with Gasteiger partial charge in [-0.1, -0.05) is 0 Å². The van der Waals surface area contributed by atoms with Crippen LogP contribution in [0.1, 0.15) is 13.8 Å². The molecule has 0 rings (SSSR count). The minimum absolute atomic E-state index is 0.0950. The molecule has 0 aromatic carbocycles. The second-order valence-corrected chi connectivity index (χ2v) is 3.62. The van der Waals surface area contributed by atoms with E-state index in [0.29, 0.717) is 6.10 Å². The maximum atomic E-state index is 5.37. The summed E-state index contributed by atoms with van der Waals surface area (Å²) in [5, 5.41) is 0. The summed E-state index contributed by atoms with van der Waals surface area (Å²) in [6.45, 7) is 4.02. The lowest BCUT2D eigenvalue weighted by molar-refractivity contribution is -0.0544. The van der Waals surface area contributed by atoms with Gasteiger partial charge in [0.25, 0.3) is 0 Å². The van der Waals surface area contributed by atoms with Crippen molar-refractivity contribution in [2.45, 2.75) is 25.9 Å². The van der Waals surface area contributed by atoms with Crippen molar-refractivity contribution in [3.63, 3.8) is 0 Å². The van der Waals surface area contributed by atoms with E-state index in [1.807, 2.05) is 13.8 Å². The van der Waals surface area contributed by atoms with Crippen LogP contribution in [0.4, 0.5) is 0 Å². The third-order valence-corrected chi connectivity index (χ3v) is 2.89. The zero-order valence-corrected chi connectivity index (χ0v) is 8.50. The van der Waals surface area contributed by atoms with E-state index in [4.69, 9.17) is 13.9 Å². The average Bonchev–Trinajstić information content (AvgIpc) is 1.90. The molecule has 0 bridgehead atoms. The van der Waals surface area contributed by atoms with Gasteiger partial charge in [-0.3, -0.25) is 0 Å². The van der Waals surface area contributed by atoms with Gasteiger partial charge in [0, 0.05) is 20.3 Å². The molecule has 0 fully saturated rings. The highest BCUT2D eigenvalue weighted by atomic mass is 28.2. The number of ether oxygens (including phenoxy) is 2. The first-order valence-electron chi connectivity index (χ1n) is 3.38. The van der Waals surface area contributed by atoms with Crippen molar-refractivity contribution in [2.75, 3.05) is 14.2 Å². The SMILES string of the molecule is COC(OC)[SiH2]OC(C)C. The largest absolute Gasteiger partial charge is 0.416 e. The number of hydrogen-bond donors (Lipinski definition) is 0. The highest BCUT2D eigenvalue weighted by Crippen LogP contribution is 1.92. The Morgan fingerprint density at radius 1 is 1.10 bits per heavy atom. The normalized spacial score (nSPS) is 12.6. The molecule has 0 N–H and O–H groups in total. The topological polar surface area (TPSA) is 27.7 Å². The van der Waals surface area contributed by atoms with Gasteiger partial charge in [0.1, 0.15) is 0 Å². The third kappa shape index (κ3) is 4.93. The van der Waals surface area contributed by atoms with Crippen LogP contribution in [0, 0.1) is 0 Å². The maximum Gasteiger partial charge on any atom is 0.224 e. The fourth-order valence-electron chi connectivity index (χ4n) is 0.503. The van der Waals surface area contributed by atoms with Gasteiger partial charge < -0.3 is 13.9 Å². The van der Waals surface area contributed by atoms with E-state index in [1.165, 1.54) is 0 Å². The van der Waals surface area contributed by atoms with Gasteiger partial charge in [0.15, 0.2) is 5.91 Å². The molecule has 4 heteroatoms. The lowest BCUT2D eigenvalue weighted by atomic mass is 10.5. The molecular weight excluding hydrogens is 148 g/mol. The molecule has 0 spiro atoms. The van der Waals surface area contributed by atoms with E-state index in [0.717, 1.165) is 0 Å². The second-order valence-electron chi connectivity index (χ2n) is 2.28. The van der Waals surface area contributed by atoms with Crippen molar-refractivity contribution in [1.29, 1.82) is 0 Å². The Labute approximate surface area is 64.6 Å². The molecule has 0 aliphatic carbocycles. The molecule has 0 saturated heterocycles. The molecule has 0 aliphatic rings. The Bertz CT molecular complexity index is 73.4. The standard InChI is InChI=1S/C6H16O3Si/c1-5(2)9-10-6(7-3)8-4/h5-6H,10H2,1-4H3. The van der Waals surface area contributed by atoms with Gasteiger partial charge in [0.2, 0.25) is 9.76 Å². The van der Waals surface area contributed by atoms with Crippen molar-refractivity contribution in [2.24, 2.45) is 0 Å². The summed E-state index contributed by atoms with van der Waals surface area (Å²) in [6.07, 6.45) is 0.291. The highest BCUT2D eigenvalue weighted by molar-refractivity contribution is 6.28. The van der Waals surface area contributed by atoms with Gasteiger partial charge in [-0.05, 0) is 13.8 Å². The second kappa shape index (κ2) is 5.85. The van der Waals surface area contributed by atoms with Crippen LogP contribution in [0.25, 0.3) is 0 Å². The van der Waals surface area contributed by atoms with Gasteiger partial charge in [-0.15, -0.1) is 0 Å². The number of rotatable bonds is 5. The monoisotopic (exact) mass is 164 g/mol. The molecule has 10 heavy (non-hydrogen) atoms. The molecule has 0 heterocycles. The molecule has 0 aliphatic heterocycles. The summed E-state index contributed by atoms with van der Waals surface area (Å²) in [4.78, 5) is 0. The molecule has 3 nitrogen and oxygen atoms in total. The zero-order valence-electron chi connectivity index (χ0n) is 7.09. The van der Waals surface area contributed by atoms with Crippen LogP contribution in [0.5, 0.6) is 0 Å². The molecule has 0 aromatic rings. The Balaban J connectivity index is 3.26. The van der Waals surface area contributed by atoms with E-state index in [2.05, 4.69) is 0 Å². The first-order valence-corrected chi connectivity index (χ1v) is 4.77. The Morgan fingerprint density at radius 3 is 1.90 bits per heavy atom. The maximum absolute atomic E-state index is 5.37. The molecular formula is C6H16O3Si. The highest BCUT2D eigenvalue weighted by Gasteiger charge is 2.06. The number of hydrogen-bond acceptors (Lipinski definition) is 3. The fraction of sp³-hybridized carbons (Fsp3) is 1.00. The average molecular weight is 164 g/mol. The van der Waals surface area contributed by atoms with E-state index in [-0.39, 0.29) is 5.91 Å². The van der Waals surface area contributed by atoms with Crippen molar-refractivity contribution in [3.8, 4) is 0 Å². The predicted molar refractivity (Wildman–Crippen MR) is 42.6 cm³/mol. The van der Waals surface area contributed by atoms with Gasteiger partial charge >= 0.3 is 0 Å². The summed E-state index contributed by atoms with van der Waals surface area (Å²) in [7, 11) is 2.59. The lowest BCUT2D eigenvalue weighted by Gasteiger charge is -2.14. The van der Waals surface area contributed by atoms with Crippen LogP contribution in [-0.2, 0) is 13.9 Å². The predicted octanol–water partition coefficient (Wildman–Crippen LogP) is 0.0716. The van der Waals surface area contributed by atoms with E-state index < -0.39 is 9.76 Å². The lowest BCUT2D eigenvalue weighted by Crippen LogP contribution is -2.25. The van der Waals surface area contributed by atoms with Crippen LogP contribution < -0.4 is 0 Å². The van der Waals surface area contributed by atoms with Crippen molar-refractivity contribution in [3.05, 3.63) is 0 Å².